The van der Waals surface area contributed by atoms with Crippen LogP contribution in [0.5, 0.6) is 0 Å². The van der Waals surface area contributed by atoms with Crippen molar-refractivity contribution in [3.63, 3.8) is 0 Å². The number of halogens is 3. The molecule has 1 aliphatic rings. The van der Waals surface area contributed by atoms with Gasteiger partial charge in [0.2, 0.25) is 0 Å². The van der Waals surface area contributed by atoms with Gasteiger partial charge in [-0.1, -0.05) is 0 Å². The maximum Gasteiger partial charge on any atom is 0.292 e. The SMILES string of the molecule is NC1CCCNC1C(F)(F)CF. The second kappa shape index (κ2) is 3.62. The zero-order chi connectivity index (χ0) is 9.19. The fourth-order valence-electron chi connectivity index (χ4n) is 1.46. The quantitative estimate of drug-likeness (QED) is 0.658. The first-order valence-electron chi connectivity index (χ1n) is 4.00. The van der Waals surface area contributed by atoms with Crippen molar-refractivity contribution in [3.8, 4) is 0 Å². The third-order valence-corrected chi connectivity index (χ3v) is 2.14. The van der Waals surface area contributed by atoms with Crippen LogP contribution in [0, 0.1) is 0 Å². The van der Waals surface area contributed by atoms with Gasteiger partial charge in [-0.2, -0.15) is 0 Å². The molecule has 0 saturated carbocycles. The molecule has 0 spiro atoms. The zero-order valence-corrected chi connectivity index (χ0v) is 6.69. The van der Waals surface area contributed by atoms with Gasteiger partial charge < -0.3 is 11.1 Å². The Bertz CT molecular complexity index is 152. The normalized spacial score (nSPS) is 32.0. The standard InChI is InChI=1S/C7H13F3N2/c8-4-7(9,10)6-5(11)2-1-3-12-6/h5-6,12H,1-4,11H2. The maximum atomic E-state index is 12.8. The molecule has 3 N–H and O–H groups in total. The average Bonchev–Trinajstić information content (AvgIpc) is 2.05. The molecule has 0 aliphatic carbocycles. The van der Waals surface area contributed by atoms with Crippen molar-refractivity contribution in [2.45, 2.75) is 30.8 Å². The zero-order valence-electron chi connectivity index (χ0n) is 6.69. The molecule has 1 aliphatic heterocycles. The van der Waals surface area contributed by atoms with E-state index in [-0.39, 0.29) is 0 Å². The van der Waals surface area contributed by atoms with Gasteiger partial charge in [-0.3, -0.25) is 0 Å². The summed E-state index contributed by atoms with van der Waals surface area (Å²) in [5.41, 5.74) is 5.43. The molecule has 0 radical (unpaired) electrons. The van der Waals surface area contributed by atoms with Crippen LogP contribution in [0.3, 0.4) is 0 Å². The topological polar surface area (TPSA) is 38.0 Å². The number of alkyl halides is 3. The lowest BCUT2D eigenvalue weighted by molar-refractivity contribution is -0.0682. The molecule has 2 unspecified atom stereocenters. The van der Waals surface area contributed by atoms with Crippen LogP contribution in [0.15, 0.2) is 0 Å². The van der Waals surface area contributed by atoms with Crippen LogP contribution in [0.25, 0.3) is 0 Å². The van der Waals surface area contributed by atoms with Gasteiger partial charge in [0.25, 0.3) is 5.92 Å². The van der Waals surface area contributed by atoms with Gasteiger partial charge in [-0.25, -0.2) is 13.2 Å². The van der Waals surface area contributed by atoms with Gasteiger partial charge in [0, 0.05) is 6.04 Å². The van der Waals surface area contributed by atoms with Gasteiger partial charge in [-0.15, -0.1) is 0 Å². The summed E-state index contributed by atoms with van der Waals surface area (Å²) in [5, 5.41) is 2.55. The molecular formula is C7H13F3N2. The number of hydrogen-bond donors (Lipinski definition) is 2. The molecule has 0 aromatic rings. The molecule has 72 valence electrons. The van der Waals surface area contributed by atoms with Crippen LogP contribution in [-0.2, 0) is 0 Å². The lowest BCUT2D eigenvalue weighted by Crippen LogP contribution is -2.59. The number of nitrogens with two attached hydrogens (primary N) is 1. The van der Waals surface area contributed by atoms with Crippen molar-refractivity contribution >= 4 is 0 Å². The Hall–Kier alpha value is -0.290. The molecule has 1 rings (SSSR count). The summed E-state index contributed by atoms with van der Waals surface area (Å²) in [6.45, 7) is -1.15. The van der Waals surface area contributed by atoms with Gasteiger partial charge >= 0.3 is 0 Å². The Kier molecular flexibility index (Phi) is 2.95. The van der Waals surface area contributed by atoms with Crippen LogP contribution in [0.4, 0.5) is 13.2 Å². The molecule has 1 fully saturated rings. The van der Waals surface area contributed by atoms with Gasteiger partial charge in [-0.05, 0) is 19.4 Å². The van der Waals surface area contributed by atoms with Crippen LogP contribution in [0.1, 0.15) is 12.8 Å². The first kappa shape index (κ1) is 9.80. The predicted molar refractivity (Wildman–Crippen MR) is 39.9 cm³/mol. The van der Waals surface area contributed by atoms with E-state index in [9.17, 15) is 13.2 Å². The number of piperidine rings is 1. The minimum atomic E-state index is -3.32. The Morgan fingerprint density at radius 2 is 2.17 bits per heavy atom. The van der Waals surface area contributed by atoms with E-state index in [1.54, 1.807) is 0 Å². The lowest BCUT2D eigenvalue weighted by atomic mass is 9.95. The maximum absolute atomic E-state index is 12.8. The van der Waals surface area contributed by atoms with E-state index in [0.29, 0.717) is 13.0 Å². The monoisotopic (exact) mass is 182 g/mol. The van der Waals surface area contributed by atoms with E-state index in [0.717, 1.165) is 6.42 Å². The summed E-state index contributed by atoms with van der Waals surface area (Å²) in [6.07, 6.45) is 1.31. The van der Waals surface area contributed by atoms with Crippen LogP contribution < -0.4 is 11.1 Å². The molecular weight excluding hydrogens is 169 g/mol. The highest BCUT2D eigenvalue weighted by atomic mass is 19.3. The molecule has 12 heavy (non-hydrogen) atoms. The Labute approximate surface area is 69.3 Å². The van der Waals surface area contributed by atoms with Crippen molar-refractivity contribution in [2.75, 3.05) is 13.2 Å². The van der Waals surface area contributed by atoms with Crippen LogP contribution in [0.2, 0.25) is 0 Å². The van der Waals surface area contributed by atoms with Crippen LogP contribution >= 0.6 is 0 Å². The first-order valence-corrected chi connectivity index (χ1v) is 4.00. The Balaban J connectivity index is 2.58. The number of rotatable bonds is 2. The molecule has 1 saturated heterocycles. The molecule has 0 aromatic heterocycles. The molecule has 1 heterocycles. The third kappa shape index (κ3) is 1.90. The Morgan fingerprint density at radius 3 is 2.67 bits per heavy atom. The van der Waals surface area contributed by atoms with Gasteiger partial charge in [0.15, 0.2) is 6.67 Å². The van der Waals surface area contributed by atoms with E-state index in [1.807, 2.05) is 0 Å². The molecule has 5 heteroatoms. The molecule has 2 nitrogen and oxygen atoms in total. The summed E-state index contributed by atoms with van der Waals surface area (Å²) in [5.74, 6) is -3.32. The van der Waals surface area contributed by atoms with Crippen molar-refractivity contribution in [3.05, 3.63) is 0 Å². The highest BCUT2D eigenvalue weighted by Gasteiger charge is 2.43. The van der Waals surface area contributed by atoms with Crippen molar-refractivity contribution < 1.29 is 13.2 Å². The Morgan fingerprint density at radius 1 is 1.50 bits per heavy atom. The molecule has 2 atom stereocenters. The van der Waals surface area contributed by atoms with E-state index in [1.165, 1.54) is 0 Å². The van der Waals surface area contributed by atoms with Gasteiger partial charge in [0.1, 0.15) is 0 Å². The van der Waals surface area contributed by atoms with E-state index >= 15 is 0 Å². The van der Waals surface area contributed by atoms with Crippen molar-refractivity contribution in [2.24, 2.45) is 5.73 Å². The van der Waals surface area contributed by atoms with E-state index in [4.69, 9.17) is 5.73 Å². The number of hydrogen-bond acceptors (Lipinski definition) is 2. The summed E-state index contributed by atoms with van der Waals surface area (Å²) < 4.78 is 37.4. The van der Waals surface area contributed by atoms with Crippen molar-refractivity contribution in [1.29, 1.82) is 0 Å². The molecule has 0 bridgehead atoms. The van der Waals surface area contributed by atoms with Crippen LogP contribution in [-0.4, -0.2) is 31.2 Å². The van der Waals surface area contributed by atoms with Gasteiger partial charge in [0.05, 0.1) is 6.04 Å². The third-order valence-electron chi connectivity index (χ3n) is 2.14. The minimum Gasteiger partial charge on any atom is -0.326 e. The second-order valence-electron chi connectivity index (χ2n) is 3.13. The first-order chi connectivity index (χ1) is 5.58. The van der Waals surface area contributed by atoms with E-state index in [2.05, 4.69) is 5.32 Å². The minimum absolute atomic E-state index is 0.494. The fraction of sp³-hybridized carbons (Fsp3) is 1.00. The number of nitrogens with one attached hydrogen (secondary N) is 1. The smallest absolute Gasteiger partial charge is 0.292 e. The molecule has 0 amide bonds. The summed E-state index contributed by atoms with van der Waals surface area (Å²) in [4.78, 5) is 0. The average molecular weight is 182 g/mol. The second-order valence-corrected chi connectivity index (χ2v) is 3.13. The van der Waals surface area contributed by atoms with E-state index < -0.39 is 24.7 Å². The predicted octanol–water partition coefficient (Wildman–Crippen LogP) is 0.670. The largest absolute Gasteiger partial charge is 0.326 e. The lowest BCUT2D eigenvalue weighted by Gasteiger charge is -2.34. The van der Waals surface area contributed by atoms with Crippen molar-refractivity contribution in [1.82, 2.24) is 5.32 Å². The fourth-order valence-corrected chi connectivity index (χ4v) is 1.46. The summed E-state index contributed by atoms with van der Waals surface area (Å²) >= 11 is 0. The highest BCUT2D eigenvalue weighted by molar-refractivity contribution is 4.93. The molecule has 0 aromatic carbocycles. The highest BCUT2D eigenvalue weighted by Crippen LogP contribution is 2.24. The summed E-state index contributed by atoms with van der Waals surface area (Å²) in [6, 6.07) is -1.83. The summed E-state index contributed by atoms with van der Waals surface area (Å²) in [7, 11) is 0.